The van der Waals surface area contributed by atoms with E-state index in [4.69, 9.17) is 14.2 Å². The van der Waals surface area contributed by atoms with Crippen LogP contribution in [0.1, 0.15) is 32.4 Å². The van der Waals surface area contributed by atoms with Gasteiger partial charge in [-0.3, -0.25) is 4.90 Å². The van der Waals surface area contributed by atoms with Crippen LogP contribution in [0.3, 0.4) is 0 Å². The lowest BCUT2D eigenvalue weighted by Gasteiger charge is -2.38. The van der Waals surface area contributed by atoms with Gasteiger partial charge in [-0.15, -0.1) is 0 Å². The molecule has 2 aliphatic heterocycles. The second kappa shape index (κ2) is 12.0. The molecular weight excluding hydrogens is 472 g/mol. The summed E-state index contributed by atoms with van der Waals surface area (Å²) >= 11 is 0. The molecule has 2 aromatic carbocycles. The number of urea groups is 1. The molecule has 198 valence electrons. The van der Waals surface area contributed by atoms with E-state index in [1.54, 1.807) is 14.0 Å². The molecule has 2 heterocycles. The van der Waals surface area contributed by atoms with Crippen LogP contribution in [0.15, 0.2) is 59.8 Å². The molecule has 0 aromatic heterocycles. The quantitative estimate of drug-likeness (QED) is 0.501. The molecule has 2 aromatic rings. The first-order chi connectivity index (χ1) is 17.9. The van der Waals surface area contributed by atoms with Crippen LogP contribution < -0.4 is 25.0 Å². The fourth-order valence-electron chi connectivity index (χ4n) is 4.63. The van der Waals surface area contributed by atoms with Gasteiger partial charge in [0.25, 0.3) is 0 Å². The summed E-state index contributed by atoms with van der Waals surface area (Å²) in [6, 6.07) is 14.5. The maximum Gasteiger partial charge on any atom is 0.338 e. The number of amides is 2. The van der Waals surface area contributed by atoms with Gasteiger partial charge >= 0.3 is 12.0 Å². The second-order valence-corrected chi connectivity index (χ2v) is 9.34. The number of rotatable bonds is 9. The smallest absolute Gasteiger partial charge is 0.338 e. The van der Waals surface area contributed by atoms with Crippen LogP contribution in [0.25, 0.3) is 0 Å². The summed E-state index contributed by atoms with van der Waals surface area (Å²) in [6.45, 7) is 9.65. The van der Waals surface area contributed by atoms with Gasteiger partial charge in [0.1, 0.15) is 11.5 Å². The van der Waals surface area contributed by atoms with E-state index in [1.165, 1.54) is 0 Å². The van der Waals surface area contributed by atoms with E-state index in [0.717, 1.165) is 48.9 Å². The predicted molar refractivity (Wildman–Crippen MR) is 142 cm³/mol. The Balaban J connectivity index is 1.52. The molecular formula is C28H36N4O5. The zero-order chi connectivity index (χ0) is 26.4. The Labute approximate surface area is 218 Å². The van der Waals surface area contributed by atoms with E-state index in [0.29, 0.717) is 17.8 Å². The molecule has 0 unspecified atom stereocenters. The lowest BCUT2D eigenvalue weighted by atomic mass is 9.94. The van der Waals surface area contributed by atoms with Gasteiger partial charge in [0, 0.05) is 44.1 Å². The first-order valence-electron chi connectivity index (χ1n) is 12.7. The van der Waals surface area contributed by atoms with E-state index in [1.807, 2.05) is 50.2 Å². The number of carbonyl (C=O) groups is 2. The summed E-state index contributed by atoms with van der Waals surface area (Å²) in [5.74, 6) is 1.13. The Hall–Kier alpha value is -3.72. The van der Waals surface area contributed by atoms with Crippen molar-refractivity contribution < 1.29 is 23.8 Å². The maximum atomic E-state index is 13.1. The van der Waals surface area contributed by atoms with Crippen molar-refractivity contribution in [1.29, 1.82) is 0 Å². The molecule has 1 fully saturated rings. The zero-order valence-corrected chi connectivity index (χ0v) is 22.0. The average molecular weight is 509 g/mol. The summed E-state index contributed by atoms with van der Waals surface area (Å²) in [5.41, 5.74) is 2.94. The SMILES string of the molecule is CCOC(=O)C1=C(CN2CCN(c3ccc(OC)cc3)CC2)NC(=O)N[C@@H]1c1ccc(OC(C)C)cc1. The molecule has 0 bridgehead atoms. The average Bonchev–Trinajstić information content (AvgIpc) is 2.89. The van der Waals surface area contributed by atoms with Crippen molar-refractivity contribution in [2.75, 3.05) is 51.3 Å². The molecule has 1 atom stereocenters. The van der Waals surface area contributed by atoms with Gasteiger partial charge in [0.05, 0.1) is 31.4 Å². The summed E-state index contributed by atoms with van der Waals surface area (Å²) in [7, 11) is 1.66. The molecule has 2 aliphatic rings. The highest BCUT2D eigenvalue weighted by atomic mass is 16.5. The number of benzene rings is 2. The molecule has 0 spiro atoms. The Morgan fingerprint density at radius 1 is 1.00 bits per heavy atom. The maximum absolute atomic E-state index is 13.1. The minimum Gasteiger partial charge on any atom is -0.497 e. The van der Waals surface area contributed by atoms with Gasteiger partial charge in [-0.05, 0) is 62.7 Å². The van der Waals surface area contributed by atoms with Gasteiger partial charge in [0.2, 0.25) is 0 Å². The molecule has 2 amide bonds. The monoisotopic (exact) mass is 508 g/mol. The summed E-state index contributed by atoms with van der Waals surface area (Å²) in [5, 5.41) is 5.78. The van der Waals surface area contributed by atoms with E-state index in [9.17, 15) is 9.59 Å². The largest absolute Gasteiger partial charge is 0.497 e. The van der Waals surface area contributed by atoms with Gasteiger partial charge in [-0.25, -0.2) is 9.59 Å². The molecule has 0 aliphatic carbocycles. The van der Waals surface area contributed by atoms with Crippen molar-refractivity contribution in [3.63, 3.8) is 0 Å². The Morgan fingerprint density at radius 2 is 1.65 bits per heavy atom. The molecule has 37 heavy (non-hydrogen) atoms. The van der Waals surface area contributed by atoms with Crippen LogP contribution >= 0.6 is 0 Å². The number of hydrogen-bond acceptors (Lipinski definition) is 7. The number of anilines is 1. The van der Waals surface area contributed by atoms with E-state index in [-0.39, 0.29) is 18.7 Å². The number of ether oxygens (including phenoxy) is 3. The third-order valence-corrected chi connectivity index (χ3v) is 6.43. The number of methoxy groups -OCH3 is 1. The Morgan fingerprint density at radius 3 is 2.24 bits per heavy atom. The number of piperazine rings is 1. The topological polar surface area (TPSA) is 92.4 Å². The van der Waals surface area contributed by atoms with E-state index < -0.39 is 12.0 Å². The van der Waals surface area contributed by atoms with Crippen LogP contribution in [-0.4, -0.2) is 69.4 Å². The van der Waals surface area contributed by atoms with Crippen molar-refractivity contribution in [3.05, 3.63) is 65.4 Å². The van der Waals surface area contributed by atoms with Crippen molar-refractivity contribution in [2.24, 2.45) is 0 Å². The highest BCUT2D eigenvalue weighted by Crippen LogP contribution is 2.30. The summed E-state index contributed by atoms with van der Waals surface area (Å²) in [6.07, 6.45) is 0.0520. The van der Waals surface area contributed by atoms with Crippen molar-refractivity contribution in [3.8, 4) is 11.5 Å². The minimum absolute atomic E-state index is 0.0520. The molecule has 2 N–H and O–H groups in total. The number of nitrogens with one attached hydrogen (secondary N) is 2. The lowest BCUT2D eigenvalue weighted by molar-refractivity contribution is -0.139. The summed E-state index contributed by atoms with van der Waals surface area (Å²) in [4.78, 5) is 30.3. The number of esters is 1. The Bertz CT molecular complexity index is 1110. The zero-order valence-electron chi connectivity index (χ0n) is 22.0. The number of hydrogen-bond donors (Lipinski definition) is 2. The molecule has 9 nitrogen and oxygen atoms in total. The third kappa shape index (κ3) is 6.54. The fraction of sp³-hybridized carbons (Fsp3) is 0.429. The summed E-state index contributed by atoms with van der Waals surface area (Å²) < 4.78 is 16.4. The van der Waals surface area contributed by atoms with Gasteiger partial charge in [0.15, 0.2) is 0 Å². The van der Waals surface area contributed by atoms with Crippen LogP contribution in [-0.2, 0) is 9.53 Å². The fourth-order valence-corrected chi connectivity index (χ4v) is 4.63. The Kier molecular flexibility index (Phi) is 8.55. The first-order valence-corrected chi connectivity index (χ1v) is 12.7. The van der Waals surface area contributed by atoms with Gasteiger partial charge < -0.3 is 29.7 Å². The third-order valence-electron chi connectivity index (χ3n) is 6.43. The molecule has 0 saturated carbocycles. The van der Waals surface area contributed by atoms with Crippen LogP contribution in [0.2, 0.25) is 0 Å². The number of nitrogens with zero attached hydrogens (tertiary/aromatic N) is 2. The van der Waals surface area contributed by atoms with Gasteiger partial charge in [-0.2, -0.15) is 0 Å². The molecule has 9 heteroatoms. The number of carbonyl (C=O) groups excluding carboxylic acids is 2. The van der Waals surface area contributed by atoms with E-state index >= 15 is 0 Å². The van der Waals surface area contributed by atoms with Crippen molar-refractivity contribution in [1.82, 2.24) is 15.5 Å². The second-order valence-electron chi connectivity index (χ2n) is 9.34. The van der Waals surface area contributed by atoms with E-state index in [2.05, 4.69) is 32.6 Å². The van der Waals surface area contributed by atoms with Crippen LogP contribution in [0.4, 0.5) is 10.5 Å². The van der Waals surface area contributed by atoms with Crippen LogP contribution in [0, 0.1) is 0 Å². The van der Waals surface area contributed by atoms with Gasteiger partial charge in [-0.1, -0.05) is 12.1 Å². The lowest BCUT2D eigenvalue weighted by Crippen LogP contribution is -2.51. The normalized spacial score (nSPS) is 18.4. The van der Waals surface area contributed by atoms with Crippen molar-refractivity contribution >= 4 is 17.7 Å². The highest BCUT2D eigenvalue weighted by molar-refractivity contribution is 5.95. The molecule has 1 saturated heterocycles. The standard InChI is InChI=1S/C28H36N4O5/c1-5-36-27(33)25-24(18-31-14-16-32(17-15-31)21-8-12-22(35-4)13-9-21)29-28(34)30-26(25)20-6-10-23(11-7-20)37-19(2)3/h6-13,19,26H,5,14-18H2,1-4H3,(H2,29,30,34)/t26-/m1/s1. The van der Waals surface area contributed by atoms with Crippen molar-refractivity contribution in [2.45, 2.75) is 32.9 Å². The minimum atomic E-state index is -0.614. The highest BCUT2D eigenvalue weighted by Gasteiger charge is 2.34. The molecule has 4 rings (SSSR count). The molecule has 0 radical (unpaired) electrons. The first kappa shape index (κ1) is 26.3. The van der Waals surface area contributed by atoms with Crippen LogP contribution in [0.5, 0.6) is 11.5 Å². The predicted octanol–water partition coefficient (Wildman–Crippen LogP) is 3.48.